The molecule has 1 aromatic heterocycles. The Balaban J connectivity index is 0.00000161. The molecule has 0 saturated carbocycles. The van der Waals surface area contributed by atoms with Crippen LogP contribution in [0.2, 0.25) is 0 Å². The van der Waals surface area contributed by atoms with E-state index in [2.05, 4.69) is 84.4 Å². The second-order valence-electron chi connectivity index (χ2n) is 4.88. The van der Waals surface area contributed by atoms with Gasteiger partial charge in [0.05, 0.1) is 6.66 Å². The average Bonchev–Trinajstić information content (AvgIpc) is 2.56. The van der Waals surface area contributed by atoms with Crippen molar-refractivity contribution >= 4 is 23.2 Å². The summed E-state index contributed by atoms with van der Waals surface area (Å²) in [6, 6.07) is 25.9. The quantitative estimate of drug-likeness (QED) is 0.442. The Bertz CT molecular complexity index is 575. The number of nitrogens with zero attached hydrogens (tertiary/aromatic N) is 1. The number of halogens is 1. The van der Waals surface area contributed by atoms with Crippen LogP contribution in [0.25, 0.3) is 0 Å². The van der Waals surface area contributed by atoms with Crippen LogP contribution >= 0.6 is 7.26 Å². The number of rotatable bonds is 3. The molecule has 0 bridgehead atoms. The van der Waals surface area contributed by atoms with Gasteiger partial charge in [0.25, 0.3) is 0 Å². The summed E-state index contributed by atoms with van der Waals surface area (Å²) in [7, 11) is -1.57. The fourth-order valence-electron chi connectivity index (χ4n) is 2.54. The lowest BCUT2D eigenvalue weighted by atomic mass is 10.4. The third kappa shape index (κ3) is 3.17. The summed E-state index contributed by atoms with van der Waals surface area (Å²) in [5, 5.41) is 4.17. The van der Waals surface area contributed by atoms with Gasteiger partial charge in [-0.3, -0.25) is 4.98 Å². The molecule has 3 heteroatoms. The highest BCUT2D eigenvalue weighted by atomic mass is 127. The van der Waals surface area contributed by atoms with Crippen molar-refractivity contribution < 1.29 is 24.0 Å². The molecule has 0 saturated heterocycles. The van der Waals surface area contributed by atoms with Gasteiger partial charge in [0, 0.05) is 12.4 Å². The molecule has 106 valence electrons. The van der Waals surface area contributed by atoms with Crippen molar-refractivity contribution in [1.29, 1.82) is 0 Å². The van der Waals surface area contributed by atoms with Gasteiger partial charge in [-0.2, -0.15) is 0 Å². The van der Waals surface area contributed by atoms with Crippen molar-refractivity contribution in [2.45, 2.75) is 0 Å². The van der Waals surface area contributed by atoms with E-state index in [9.17, 15) is 0 Å². The highest BCUT2D eigenvalue weighted by Crippen LogP contribution is 2.51. The zero-order chi connectivity index (χ0) is 13.8. The standard InChI is InChI=1S/C18H17NP.HI/c1-20(16-8-4-2-5-9-16,17-10-6-3-7-11-17)18-12-14-19-15-13-18;/h2-15H,1H3;1H/q+1;/p-1. The minimum Gasteiger partial charge on any atom is -1.00 e. The molecule has 21 heavy (non-hydrogen) atoms. The predicted molar refractivity (Wildman–Crippen MR) is 88.9 cm³/mol. The summed E-state index contributed by atoms with van der Waals surface area (Å²) in [5.74, 6) is 0. The zero-order valence-corrected chi connectivity index (χ0v) is 14.9. The Morgan fingerprint density at radius 3 is 1.43 bits per heavy atom. The molecule has 0 unspecified atom stereocenters. The first-order valence-corrected chi connectivity index (χ1v) is 8.94. The summed E-state index contributed by atoms with van der Waals surface area (Å²) in [6.45, 7) is 2.38. The molecular formula is C18H17INP. The van der Waals surface area contributed by atoms with E-state index < -0.39 is 7.26 Å². The Morgan fingerprint density at radius 2 is 1.00 bits per heavy atom. The van der Waals surface area contributed by atoms with Crippen LogP contribution < -0.4 is 39.9 Å². The Labute approximate surface area is 143 Å². The first-order valence-electron chi connectivity index (χ1n) is 6.70. The molecule has 0 aliphatic rings. The number of aromatic nitrogens is 1. The Kier molecular flexibility index (Phi) is 5.49. The Morgan fingerprint density at radius 1 is 0.619 bits per heavy atom. The van der Waals surface area contributed by atoms with E-state index in [4.69, 9.17) is 0 Å². The third-order valence-electron chi connectivity index (χ3n) is 3.72. The van der Waals surface area contributed by atoms with Gasteiger partial charge < -0.3 is 24.0 Å². The molecule has 0 spiro atoms. The molecule has 0 N–H and O–H groups in total. The fourth-order valence-corrected chi connectivity index (χ4v) is 5.70. The summed E-state index contributed by atoms with van der Waals surface area (Å²) in [4.78, 5) is 4.16. The summed E-state index contributed by atoms with van der Waals surface area (Å²) in [5.41, 5.74) is 0. The van der Waals surface area contributed by atoms with Crippen LogP contribution in [0.3, 0.4) is 0 Å². The molecule has 0 aliphatic carbocycles. The van der Waals surface area contributed by atoms with Gasteiger partial charge in [0.1, 0.15) is 23.2 Å². The van der Waals surface area contributed by atoms with Crippen LogP contribution in [-0.2, 0) is 0 Å². The zero-order valence-electron chi connectivity index (χ0n) is 11.9. The van der Waals surface area contributed by atoms with Gasteiger partial charge in [-0.25, -0.2) is 0 Å². The van der Waals surface area contributed by atoms with Crippen molar-refractivity contribution in [1.82, 2.24) is 4.98 Å². The van der Waals surface area contributed by atoms with E-state index in [-0.39, 0.29) is 24.0 Å². The van der Waals surface area contributed by atoms with Crippen molar-refractivity contribution in [3.8, 4) is 0 Å². The minimum absolute atomic E-state index is 0. The molecule has 1 heterocycles. The largest absolute Gasteiger partial charge is 1.00 e. The number of pyridine rings is 1. The maximum absolute atomic E-state index is 4.16. The highest BCUT2D eigenvalue weighted by Gasteiger charge is 2.39. The van der Waals surface area contributed by atoms with Gasteiger partial charge in [-0.1, -0.05) is 36.4 Å². The number of benzene rings is 2. The van der Waals surface area contributed by atoms with E-state index in [1.807, 2.05) is 12.4 Å². The van der Waals surface area contributed by atoms with E-state index in [0.717, 1.165) is 0 Å². The topological polar surface area (TPSA) is 12.9 Å². The lowest BCUT2D eigenvalue weighted by Crippen LogP contribution is -3.00. The average molecular weight is 405 g/mol. The van der Waals surface area contributed by atoms with Crippen LogP contribution in [0, 0.1) is 0 Å². The van der Waals surface area contributed by atoms with Gasteiger partial charge in [-0.15, -0.1) is 0 Å². The van der Waals surface area contributed by atoms with E-state index in [1.165, 1.54) is 15.9 Å². The van der Waals surface area contributed by atoms with E-state index in [1.54, 1.807) is 0 Å². The van der Waals surface area contributed by atoms with Crippen LogP contribution in [0.15, 0.2) is 85.2 Å². The van der Waals surface area contributed by atoms with Gasteiger partial charge in [0.2, 0.25) is 0 Å². The summed E-state index contributed by atoms with van der Waals surface area (Å²) >= 11 is 0. The van der Waals surface area contributed by atoms with Crippen LogP contribution in [0.5, 0.6) is 0 Å². The first-order chi connectivity index (χ1) is 9.82. The summed E-state index contributed by atoms with van der Waals surface area (Å²) < 4.78 is 0. The molecular weight excluding hydrogens is 388 g/mol. The van der Waals surface area contributed by atoms with Crippen LogP contribution in [-0.4, -0.2) is 11.6 Å². The maximum Gasteiger partial charge on any atom is 0.109 e. The molecule has 2 aromatic carbocycles. The van der Waals surface area contributed by atoms with Crippen molar-refractivity contribution in [2.24, 2.45) is 0 Å². The SMILES string of the molecule is C[P+](c1ccccc1)(c1ccccc1)c1ccncc1.[I-]. The summed E-state index contributed by atoms with van der Waals surface area (Å²) in [6.07, 6.45) is 3.78. The van der Waals surface area contributed by atoms with E-state index in [0.29, 0.717) is 0 Å². The number of hydrogen-bond donors (Lipinski definition) is 0. The lowest BCUT2D eigenvalue weighted by molar-refractivity contribution is -0.00000398. The normalized spacial score (nSPS) is 10.7. The molecule has 0 atom stereocenters. The molecule has 0 aliphatic heterocycles. The molecule has 1 nitrogen and oxygen atoms in total. The molecule has 0 radical (unpaired) electrons. The van der Waals surface area contributed by atoms with Gasteiger partial charge in [-0.05, 0) is 36.4 Å². The Hall–Kier alpha value is -1.25. The minimum atomic E-state index is -1.57. The van der Waals surface area contributed by atoms with Crippen LogP contribution in [0.4, 0.5) is 0 Å². The van der Waals surface area contributed by atoms with Crippen molar-refractivity contribution in [3.63, 3.8) is 0 Å². The number of hydrogen-bond acceptors (Lipinski definition) is 1. The highest BCUT2D eigenvalue weighted by molar-refractivity contribution is 7.95. The van der Waals surface area contributed by atoms with E-state index >= 15 is 0 Å². The smallest absolute Gasteiger partial charge is 0.109 e. The second kappa shape index (κ2) is 7.15. The van der Waals surface area contributed by atoms with Crippen molar-refractivity contribution in [3.05, 3.63) is 85.2 Å². The molecule has 0 amide bonds. The van der Waals surface area contributed by atoms with Crippen LogP contribution in [0.1, 0.15) is 0 Å². The maximum atomic E-state index is 4.16. The molecule has 3 aromatic rings. The monoisotopic (exact) mass is 405 g/mol. The fraction of sp³-hybridized carbons (Fsp3) is 0.0556. The van der Waals surface area contributed by atoms with Gasteiger partial charge in [0.15, 0.2) is 0 Å². The molecule has 0 fully saturated rings. The second-order valence-corrected chi connectivity index (χ2v) is 8.44. The van der Waals surface area contributed by atoms with Gasteiger partial charge >= 0.3 is 0 Å². The predicted octanol–water partition coefficient (Wildman–Crippen LogP) is 0.00930. The van der Waals surface area contributed by atoms with Crippen molar-refractivity contribution in [2.75, 3.05) is 6.66 Å². The lowest BCUT2D eigenvalue weighted by Gasteiger charge is -2.22. The third-order valence-corrected chi connectivity index (χ3v) is 7.72. The molecule has 3 rings (SSSR count). The first kappa shape index (κ1) is 16.1.